The number of nitrogens with one attached hydrogen (secondary N) is 1. The smallest absolute Gasteiger partial charge is 0.166 e. The van der Waals surface area contributed by atoms with Crippen molar-refractivity contribution in [2.75, 3.05) is 6.61 Å². The molecule has 0 radical (unpaired) electrons. The summed E-state index contributed by atoms with van der Waals surface area (Å²) in [5.74, 6) is 0. The van der Waals surface area contributed by atoms with E-state index in [1.54, 1.807) is 0 Å². The Labute approximate surface area is 81.0 Å². The number of carbonyl (C=O) groups is 1. The molecule has 2 atom stereocenters. The van der Waals surface area contributed by atoms with Gasteiger partial charge in [-0.1, -0.05) is 0 Å². The zero-order valence-electron chi connectivity index (χ0n) is 7.55. The quantitative estimate of drug-likeness (QED) is 0.485. The third kappa shape index (κ3) is 2.41. The fourth-order valence-corrected chi connectivity index (χ4v) is 1.18. The summed E-state index contributed by atoms with van der Waals surface area (Å²) >= 11 is 0. The third-order valence-corrected chi connectivity index (χ3v) is 1.99. The summed E-state index contributed by atoms with van der Waals surface area (Å²) in [6.07, 6.45) is 0.0780. The number of hydrogen-bond acceptors (Lipinski definition) is 4. The molecule has 0 aliphatic rings. The van der Waals surface area contributed by atoms with E-state index in [9.17, 15) is 15.0 Å². The van der Waals surface area contributed by atoms with Gasteiger partial charge in [-0.25, -0.2) is 0 Å². The van der Waals surface area contributed by atoms with Gasteiger partial charge in [0, 0.05) is 18.4 Å². The Morgan fingerprint density at radius 3 is 2.71 bits per heavy atom. The van der Waals surface area contributed by atoms with Crippen LogP contribution in [0.1, 0.15) is 28.6 Å². The first-order valence-electron chi connectivity index (χ1n) is 4.29. The first kappa shape index (κ1) is 10.9. The maximum atomic E-state index is 10.3. The second-order valence-corrected chi connectivity index (χ2v) is 3.03. The number of carbonyl (C=O) groups excluding carboxylic acids is 1. The van der Waals surface area contributed by atoms with E-state index in [1.165, 1.54) is 12.3 Å². The van der Waals surface area contributed by atoms with Crippen LogP contribution in [0.4, 0.5) is 0 Å². The molecule has 0 bridgehead atoms. The summed E-state index contributed by atoms with van der Waals surface area (Å²) in [6.45, 7) is -0.191. The Morgan fingerprint density at radius 2 is 2.21 bits per heavy atom. The van der Waals surface area contributed by atoms with Crippen molar-refractivity contribution in [3.8, 4) is 0 Å². The van der Waals surface area contributed by atoms with Crippen LogP contribution >= 0.6 is 0 Å². The van der Waals surface area contributed by atoms with Crippen LogP contribution in [0.15, 0.2) is 12.3 Å². The lowest BCUT2D eigenvalue weighted by atomic mass is 10.1. The van der Waals surface area contributed by atoms with E-state index in [-0.39, 0.29) is 13.0 Å². The predicted molar refractivity (Wildman–Crippen MR) is 48.8 cm³/mol. The first-order chi connectivity index (χ1) is 6.69. The molecule has 1 aromatic rings. The molecule has 78 valence electrons. The van der Waals surface area contributed by atoms with Crippen molar-refractivity contribution in [1.82, 2.24) is 4.98 Å². The Kier molecular flexibility index (Phi) is 3.82. The van der Waals surface area contributed by atoms with Crippen molar-refractivity contribution in [1.29, 1.82) is 0 Å². The van der Waals surface area contributed by atoms with E-state index in [2.05, 4.69) is 4.98 Å². The second kappa shape index (κ2) is 4.90. The molecule has 0 saturated carbocycles. The summed E-state index contributed by atoms with van der Waals surface area (Å²) in [7, 11) is 0. The number of aromatic nitrogens is 1. The number of rotatable bonds is 5. The molecule has 1 rings (SSSR count). The van der Waals surface area contributed by atoms with Crippen molar-refractivity contribution in [2.45, 2.75) is 18.6 Å². The monoisotopic (exact) mass is 199 g/mol. The molecule has 0 aromatic carbocycles. The van der Waals surface area contributed by atoms with E-state index in [0.29, 0.717) is 17.5 Å². The van der Waals surface area contributed by atoms with Crippen LogP contribution in [0, 0.1) is 0 Å². The van der Waals surface area contributed by atoms with Gasteiger partial charge in [-0.2, -0.15) is 0 Å². The minimum atomic E-state index is -1.08. The summed E-state index contributed by atoms with van der Waals surface area (Å²) in [6, 6.07) is 1.46. The third-order valence-electron chi connectivity index (χ3n) is 1.99. The van der Waals surface area contributed by atoms with Gasteiger partial charge in [0.05, 0.1) is 11.8 Å². The van der Waals surface area contributed by atoms with Crippen LogP contribution < -0.4 is 0 Å². The van der Waals surface area contributed by atoms with Gasteiger partial charge in [0.25, 0.3) is 0 Å². The van der Waals surface area contributed by atoms with Crippen LogP contribution in [0.2, 0.25) is 0 Å². The summed E-state index contributed by atoms with van der Waals surface area (Å²) in [4.78, 5) is 13.0. The molecule has 4 N–H and O–H groups in total. The first-order valence-corrected chi connectivity index (χ1v) is 4.29. The van der Waals surface area contributed by atoms with Crippen molar-refractivity contribution >= 4 is 6.29 Å². The van der Waals surface area contributed by atoms with Crippen molar-refractivity contribution in [2.24, 2.45) is 0 Å². The van der Waals surface area contributed by atoms with Gasteiger partial charge in [-0.15, -0.1) is 0 Å². The lowest BCUT2D eigenvalue weighted by Crippen LogP contribution is -2.18. The van der Waals surface area contributed by atoms with Gasteiger partial charge in [-0.3, -0.25) is 4.79 Å². The highest BCUT2D eigenvalue weighted by Gasteiger charge is 2.18. The molecule has 14 heavy (non-hydrogen) atoms. The largest absolute Gasteiger partial charge is 0.396 e. The number of aromatic amines is 1. The highest BCUT2D eigenvalue weighted by molar-refractivity contribution is 5.72. The molecule has 5 heteroatoms. The Bertz CT molecular complexity index is 297. The topological polar surface area (TPSA) is 93.6 Å². The number of aliphatic hydroxyl groups is 3. The maximum absolute atomic E-state index is 10.3. The standard InChI is InChI=1S/C9H13NO4/c11-2-1-8(13)9(14)6-3-7(5-12)10-4-6/h3-5,8-11,13-14H,1-2H2. The molecular formula is C9H13NO4. The van der Waals surface area contributed by atoms with Gasteiger partial charge in [0.1, 0.15) is 6.10 Å². The molecule has 1 heterocycles. The van der Waals surface area contributed by atoms with Gasteiger partial charge in [0.15, 0.2) is 6.29 Å². The molecule has 0 fully saturated rings. The van der Waals surface area contributed by atoms with Gasteiger partial charge in [-0.05, 0) is 12.5 Å². The average Bonchev–Trinajstić information content (AvgIpc) is 2.65. The fourth-order valence-electron chi connectivity index (χ4n) is 1.18. The van der Waals surface area contributed by atoms with Crippen LogP contribution in [0.3, 0.4) is 0 Å². The minimum Gasteiger partial charge on any atom is -0.396 e. The van der Waals surface area contributed by atoms with Crippen LogP contribution in [-0.4, -0.2) is 39.3 Å². The van der Waals surface area contributed by atoms with E-state index in [1.807, 2.05) is 0 Å². The van der Waals surface area contributed by atoms with E-state index < -0.39 is 12.2 Å². The van der Waals surface area contributed by atoms with Crippen molar-refractivity contribution in [3.63, 3.8) is 0 Å². The van der Waals surface area contributed by atoms with E-state index >= 15 is 0 Å². The zero-order chi connectivity index (χ0) is 10.6. The predicted octanol–water partition coefficient (Wildman–Crippen LogP) is -0.396. The lowest BCUT2D eigenvalue weighted by molar-refractivity contribution is 0.00428. The summed E-state index contributed by atoms with van der Waals surface area (Å²) < 4.78 is 0. The number of H-pyrrole nitrogens is 1. The van der Waals surface area contributed by atoms with Crippen molar-refractivity contribution < 1.29 is 20.1 Å². The highest BCUT2D eigenvalue weighted by atomic mass is 16.3. The van der Waals surface area contributed by atoms with Crippen LogP contribution in [0.5, 0.6) is 0 Å². The molecule has 0 spiro atoms. The molecule has 0 amide bonds. The van der Waals surface area contributed by atoms with Gasteiger partial charge in [0.2, 0.25) is 0 Å². The lowest BCUT2D eigenvalue weighted by Gasteiger charge is -2.15. The summed E-state index contributed by atoms with van der Waals surface area (Å²) in [5.41, 5.74) is 0.781. The molecule has 5 nitrogen and oxygen atoms in total. The molecule has 0 aliphatic heterocycles. The summed E-state index contributed by atoms with van der Waals surface area (Å²) in [5, 5.41) is 27.4. The zero-order valence-corrected chi connectivity index (χ0v) is 7.55. The van der Waals surface area contributed by atoms with E-state index in [0.717, 1.165) is 0 Å². The second-order valence-electron chi connectivity index (χ2n) is 3.03. The molecular weight excluding hydrogens is 186 g/mol. The fraction of sp³-hybridized carbons (Fsp3) is 0.444. The number of aldehydes is 1. The average molecular weight is 199 g/mol. The van der Waals surface area contributed by atoms with E-state index in [4.69, 9.17) is 5.11 Å². The molecule has 1 aromatic heterocycles. The van der Waals surface area contributed by atoms with Gasteiger partial charge >= 0.3 is 0 Å². The molecule has 0 aliphatic carbocycles. The Hall–Kier alpha value is -1.17. The Balaban J connectivity index is 2.67. The van der Waals surface area contributed by atoms with Crippen LogP contribution in [-0.2, 0) is 0 Å². The molecule has 2 unspecified atom stereocenters. The number of hydrogen-bond donors (Lipinski definition) is 4. The molecule has 0 saturated heterocycles. The van der Waals surface area contributed by atoms with Gasteiger partial charge < -0.3 is 20.3 Å². The van der Waals surface area contributed by atoms with Crippen LogP contribution in [0.25, 0.3) is 0 Å². The normalized spacial score (nSPS) is 15.1. The highest BCUT2D eigenvalue weighted by Crippen LogP contribution is 2.18. The Morgan fingerprint density at radius 1 is 1.50 bits per heavy atom. The maximum Gasteiger partial charge on any atom is 0.166 e. The SMILES string of the molecule is O=Cc1cc(C(O)C(O)CCO)c[nH]1. The minimum absolute atomic E-state index is 0.1000. The number of aliphatic hydroxyl groups excluding tert-OH is 3. The van der Waals surface area contributed by atoms with Crippen molar-refractivity contribution in [3.05, 3.63) is 23.5 Å².